The van der Waals surface area contributed by atoms with Crippen molar-refractivity contribution in [3.63, 3.8) is 0 Å². The van der Waals surface area contributed by atoms with Gasteiger partial charge in [-0.25, -0.2) is 12.4 Å². The fourth-order valence-electron chi connectivity index (χ4n) is 3.42. The number of fused-ring (bicyclic) bond motifs is 1. The van der Waals surface area contributed by atoms with Crippen LogP contribution < -0.4 is 0 Å². The summed E-state index contributed by atoms with van der Waals surface area (Å²) in [6.07, 6.45) is 0.687. The minimum absolute atomic E-state index is 0.0626. The number of nitrogens with zero attached hydrogens (tertiary/aromatic N) is 1. The number of hydrogen-bond acceptors (Lipinski definition) is 3. The van der Waals surface area contributed by atoms with Crippen molar-refractivity contribution >= 4 is 10.0 Å². The van der Waals surface area contributed by atoms with Crippen LogP contribution in [-0.4, -0.2) is 30.4 Å². The number of halogens is 3. The van der Waals surface area contributed by atoms with Crippen LogP contribution in [0.15, 0.2) is 36.3 Å². The zero-order valence-electron chi connectivity index (χ0n) is 16.5. The van der Waals surface area contributed by atoms with Crippen LogP contribution >= 0.6 is 0 Å². The molecule has 25 heavy (non-hydrogen) atoms. The molecule has 1 aromatic heterocycles. The molecular formula is C17H20F3NO3S. The highest BCUT2D eigenvalue weighted by Gasteiger charge is 2.48. The van der Waals surface area contributed by atoms with Gasteiger partial charge in [0.05, 0.1) is 17.1 Å². The third-order valence-corrected chi connectivity index (χ3v) is 7.43. The maximum Gasteiger partial charge on any atom is 0.392 e. The van der Waals surface area contributed by atoms with Crippen LogP contribution in [0, 0.1) is 5.92 Å². The van der Waals surface area contributed by atoms with Crippen molar-refractivity contribution in [1.82, 2.24) is 3.97 Å². The van der Waals surface area contributed by atoms with Crippen LogP contribution in [0.3, 0.4) is 0 Å². The Hall–Kier alpha value is -1.70. The van der Waals surface area contributed by atoms with Gasteiger partial charge in [-0.2, -0.15) is 13.2 Å². The molecule has 0 bridgehead atoms. The quantitative estimate of drug-likeness (QED) is 0.808. The molecule has 3 rings (SSSR count). The monoisotopic (exact) mass is 378 g/mol. The molecule has 0 spiro atoms. The van der Waals surface area contributed by atoms with Crippen molar-refractivity contribution in [2.24, 2.45) is 5.92 Å². The van der Waals surface area contributed by atoms with Crippen LogP contribution in [0.5, 0.6) is 0 Å². The largest absolute Gasteiger partial charge is 0.499 e. The Kier molecular flexibility index (Phi) is 3.43. The fourth-order valence-corrected chi connectivity index (χ4v) is 5.23. The van der Waals surface area contributed by atoms with Gasteiger partial charge in [0.2, 0.25) is 0 Å². The second-order valence-electron chi connectivity index (χ2n) is 6.57. The number of hydrogen-bond donors (Lipinski definition) is 0. The van der Waals surface area contributed by atoms with E-state index in [0.29, 0.717) is 5.56 Å². The Morgan fingerprint density at radius 3 is 2.88 bits per heavy atom. The summed E-state index contributed by atoms with van der Waals surface area (Å²) in [5.41, 5.74) is 0.652. The average molecular weight is 378 g/mol. The standard InChI is InChI=1S/C17H20F3NO3S/c1-16(9-4-3-5-15(16)24-2)25(22,23)21-10-8-12-6-7-13(11-14(12)21)17(18,19)20/h3-5,8,10,13H,6-7,9,11H2,1-2H3/t13-,16?/m1/s1/i2D3. The van der Waals surface area contributed by atoms with Gasteiger partial charge in [-0.15, -0.1) is 0 Å². The lowest BCUT2D eigenvalue weighted by Gasteiger charge is -2.33. The highest BCUT2D eigenvalue weighted by atomic mass is 32.2. The molecule has 0 fully saturated rings. The molecule has 0 saturated carbocycles. The average Bonchev–Trinajstić information content (AvgIpc) is 2.98. The molecule has 2 aliphatic carbocycles. The molecular weight excluding hydrogens is 355 g/mol. The summed E-state index contributed by atoms with van der Waals surface area (Å²) in [5.74, 6) is -1.88. The van der Waals surface area contributed by atoms with Crippen molar-refractivity contribution in [2.75, 3.05) is 7.04 Å². The van der Waals surface area contributed by atoms with Gasteiger partial charge in [-0.3, -0.25) is 0 Å². The molecule has 2 aliphatic rings. The van der Waals surface area contributed by atoms with E-state index in [2.05, 4.69) is 0 Å². The molecule has 0 radical (unpaired) electrons. The third kappa shape index (κ3) is 2.80. The summed E-state index contributed by atoms with van der Waals surface area (Å²) >= 11 is 0. The van der Waals surface area contributed by atoms with Crippen LogP contribution in [0.2, 0.25) is 0 Å². The fraction of sp³-hybridized carbons (Fsp3) is 0.529. The topological polar surface area (TPSA) is 48.3 Å². The lowest BCUT2D eigenvalue weighted by molar-refractivity contribution is -0.177. The van der Waals surface area contributed by atoms with Crippen LogP contribution in [0.25, 0.3) is 0 Å². The van der Waals surface area contributed by atoms with Crippen molar-refractivity contribution in [3.05, 3.63) is 47.5 Å². The Morgan fingerprint density at radius 2 is 2.20 bits per heavy atom. The Labute approximate surface area is 149 Å². The molecule has 0 aromatic carbocycles. The van der Waals surface area contributed by atoms with E-state index in [1.165, 1.54) is 31.3 Å². The number of methoxy groups -OCH3 is 1. The van der Waals surface area contributed by atoms with E-state index >= 15 is 0 Å². The predicted octanol–water partition coefficient (Wildman–Crippen LogP) is 3.58. The number of rotatable bonds is 3. The lowest BCUT2D eigenvalue weighted by atomic mass is 9.88. The van der Waals surface area contributed by atoms with Crippen molar-refractivity contribution in [2.45, 2.75) is 43.5 Å². The van der Waals surface area contributed by atoms with E-state index < -0.39 is 40.3 Å². The number of alkyl halides is 3. The smallest absolute Gasteiger partial charge is 0.392 e. The summed E-state index contributed by atoms with van der Waals surface area (Å²) < 4.78 is 92.4. The summed E-state index contributed by atoms with van der Waals surface area (Å²) in [6, 6.07) is 1.51. The molecule has 138 valence electrons. The maximum atomic E-state index is 13.4. The molecule has 0 N–H and O–H groups in total. The van der Waals surface area contributed by atoms with Gasteiger partial charge < -0.3 is 4.74 Å². The zero-order chi connectivity index (χ0) is 21.0. The van der Waals surface area contributed by atoms with Crippen LogP contribution in [-0.2, 0) is 27.6 Å². The first kappa shape index (κ1) is 14.5. The van der Waals surface area contributed by atoms with E-state index in [1.54, 1.807) is 6.08 Å². The van der Waals surface area contributed by atoms with Gasteiger partial charge in [0, 0.05) is 18.3 Å². The van der Waals surface area contributed by atoms with E-state index in [-0.39, 0.29) is 30.7 Å². The molecule has 0 amide bonds. The number of allylic oxidation sites excluding steroid dienone is 3. The zero-order valence-corrected chi connectivity index (χ0v) is 14.3. The summed E-state index contributed by atoms with van der Waals surface area (Å²) in [6.45, 7) is 1.32. The predicted molar refractivity (Wildman–Crippen MR) is 87.6 cm³/mol. The van der Waals surface area contributed by atoms with E-state index in [1.807, 2.05) is 0 Å². The normalized spacial score (nSPS) is 29.2. The van der Waals surface area contributed by atoms with E-state index in [9.17, 15) is 21.6 Å². The summed E-state index contributed by atoms with van der Waals surface area (Å²) in [4.78, 5) is 0. The number of aryl methyl sites for hydroxylation is 1. The van der Waals surface area contributed by atoms with Crippen LogP contribution in [0.4, 0.5) is 13.2 Å². The van der Waals surface area contributed by atoms with E-state index in [0.717, 1.165) is 3.97 Å². The molecule has 4 nitrogen and oxygen atoms in total. The van der Waals surface area contributed by atoms with Gasteiger partial charge in [-0.05, 0) is 43.9 Å². The van der Waals surface area contributed by atoms with Crippen molar-refractivity contribution < 1.29 is 30.4 Å². The van der Waals surface area contributed by atoms with Crippen molar-refractivity contribution in [3.8, 4) is 0 Å². The minimum atomic E-state index is -4.41. The second-order valence-corrected chi connectivity index (χ2v) is 8.81. The molecule has 8 heteroatoms. The third-order valence-electron chi connectivity index (χ3n) is 5.06. The molecule has 0 aliphatic heterocycles. The van der Waals surface area contributed by atoms with Gasteiger partial charge in [0.25, 0.3) is 10.0 Å². The SMILES string of the molecule is [2H]C([2H])([2H])OC1=CC=CCC1(C)S(=O)(=O)n1ccc2c1C[C@H](C(F)(F)F)CC2. The molecule has 1 heterocycles. The van der Waals surface area contributed by atoms with Crippen molar-refractivity contribution in [1.29, 1.82) is 0 Å². The van der Waals surface area contributed by atoms with Gasteiger partial charge >= 0.3 is 6.18 Å². The molecule has 1 aromatic rings. The molecule has 1 unspecified atom stereocenters. The maximum absolute atomic E-state index is 13.4. The lowest BCUT2D eigenvalue weighted by Crippen LogP contribution is -2.43. The summed E-state index contributed by atoms with van der Waals surface area (Å²) in [7, 11) is -7.15. The highest BCUT2D eigenvalue weighted by Crippen LogP contribution is 2.41. The molecule has 2 atom stereocenters. The minimum Gasteiger partial charge on any atom is -0.499 e. The Bertz CT molecular complexity index is 932. The number of aromatic nitrogens is 1. The highest BCUT2D eigenvalue weighted by molar-refractivity contribution is 7.91. The Morgan fingerprint density at radius 1 is 1.44 bits per heavy atom. The van der Waals surface area contributed by atoms with Gasteiger partial charge in [-0.1, -0.05) is 12.2 Å². The summed E-state index contributed by atoms with van der Waals surface area (Å²) in [5, 5.41) is 0. The second kappa shape index (κ2) is 5.93. The van der Waals surface area contributed by atoms with Gasteiger partial charge in [0.15, 0.2) is 0 Å². The number of ether oxygens (including phenoxy) is 1. The van der Waals surface area contributed by atoms with Gasteiger partial charge in [0.1, 0.15) is 10.5 Å². The molecule has 0 saturated heterocycles. The first-order valence-corrected chi connectivity index (χ1v) is 9.27. The first-order chi connectivity index (χ1) is 12.8. The van der Waals surface area contributed by atoms with E-state index in [4.69, 9.17) is 8.85 Å². The van der Waals surface area contributed by atoms with Crippen LogP contribution in [0.1, 0.15) is 35.1 Å². The first-order valence-electron chi connectivity index (χ1n) is 9.33. The Balaban J connectivity index is 2.04.